The zero-order valence-corrected chi connectivity index (χ0v) is 12.9. The van der Waals surface area contributed by atoms with Gasteiger partial charge in [-0.25, -0.2) is 0 Å². The Morgan fingerprint density at radius 2 is 1.87 bits per heavy atom. The molecule has 0 bridgehead atoms. The number of aromatic nitrogens is 1. The van der Waals surface area contributed by atoms with E-state index in [0.717, 1.165) is 0 Å². The second kappa shape index (κ2) is 6.72. The molecule has 2 aromatic rings. The molecular formula is C16H19F3N2O2. The van der Waals surface area contributed by atoms with Crippen molar-refractivity contribution >= 4 is 0 Å². The van der Waals surface area contributed by atoms with Gasteiger partial charge in [0.05, 0.1) is 0 Å². The number of pyridine rings is 1. The lowest BCUT2D eigenvalue weighted by atomic mass is 10.0. The van der Waals surface area contributed by atoms with E-state index < -0.39 is 17.8 Å². The number of furan rings is 1. The molecule has 4 nitrogen and oxygen atoms in total. The summed E-state index contributed by atoms with van der Waals surface area (Å²) in [6.45, 7) is 2.84. The van der Waals surface area contributed by atoms with Gasteiger partial charge in [0.25, 0.3) is 0 Å². The van der Waals surface area contributed by atoms with E-state index in [9.17, 15) is 18.3 Å². The SMILES string of the molecule is Cc1ccc(C(C)(O)CNC(Cc2ccncc2)C(F)(F)F)o1. The highest BCUT2D eigenvalue weighted by atomic mass is 19.4. The van der Waals surface area contributed by atoms with Gasteiger partial charge in [0.2, 0.25) is 0 Å². The third-order valence-corrected chi connectivity index (χ3v) is 3.55. The normalized spacial score (nSPS) is 16.1. The fourth-order valence-electron chi connectivity index (χ4n) is 2.19. The lowest BCUT2D eigenvalue weighted by molar-refractivity contribution is -0.158. The number of aliphatic hydroxyl groups is 1. The molecule has 23 heavy (non-hydrogen) atoms. The fourth-order valence-corrected chi connectivity index (χ4v) is 2.19. The Kier molecular flexibility index (Phi) is 5.11. The van der Waals surface area contributed by atoms with Crippen LogP contribution in [0.4, 0.5) is 13.2 Å². The van der Waals surface area contributed by atoms with Gasteiger partial charge in [-0.15, -0.1) is 0 Å². The second-order valence-corrected chi connectivity index (χ2v) is 5.72. The molecule has 2 unspecified atom stereocenters. The third-order valence-electron chi connectivity index (χ3n) is 3.55. The van der Waals surface area contributed by atoms with Crippen LogP contribution >= 0.6 is 0 Å². The molecular weight excluding hydrogens is 309 g/mol. The van der Waals surface area contributed by atoms with Crippen molar-refractivity contribution in [3.8, 4) is 0 Å². The number of aryl methyl sites for hydroxylation is 1. The molecule has 0 amide bonds. The summed E-state index contributed by atoms with van der Waals surface area (Å²) in [6.07, 6.45) is -1.77. The van der Waals surface area contributed by atoms with Crippen LogP contribution in [0.15, 0.2) is 41.1 Å². The highest BCUT2D eigenvalue weighted by molar-refractivity contribution is 5.14. The van der Waals surface area contributed by atoms with Crippen molar-refractivity contribution in [2.75, 3.05) is 6.54 Å². The molecule has 126 valence electrons. The van der Waals surface area contributed by atoms with Crippen LogP contribution in [0.25, 0.3) is 0 Å². The quantitative estimate of drug-likeness (QED) is 0.856. The van der Waals surface area contributed by atoms with Crippen molar-refractivity contribution in [2.45, 2.75) is 38.1 Å². The van der Waals surface area contributed by atoms with Gasteiger partial charge in [0, 0.05) is 18.9 Å². The summed E-state index contributed by atoms with van der Waals surface area (Å²) in [7, 11) is 0. The molecule has 0 aromatic carbocycles. The van der Waals surface area contributed by atoms with Gasteiger partial charge in [-0.1, -0.05) is 0 Å². The van der Waals surface area contributed by atoms with Crippen LogP contribution in [0.3, 0.4) is 0 Å². The van der Waals surface area contributed by atoms with Gasteiger partial charge in [0.15, 0.2) is 0 Å². The fraction of sp³-hybridized carbons (Fsp3) is 0.438. The first-order valence-corrected chi connectivity index (χ1v) is 7.17. The first-order chi connectivity index (χ1) is 10.7. The lowest BCUT2D eigenvalue weighted by Gasteiger charge is -2.27. The van der Waals surface area contributed by atoms with Crippen molar-refractivity contribution in [3.05, 3.63) is 53.7 Å². The van der Waals surface area contributed by atoms with Crippen molar-refractivity contribution in [3.63, 3.8) is 0 Å². The van der Waals surface area contributed by atoms with Crippen LogP contribution in [-0.2, 0) is 12.0 Å². The van der Waals surface area contributed by atoms with Crippen LogP contribution in [0.1, 0.15) is 24.0 Å². The van der Waals surface area contributed by atoms with Crippen LogP contribution in [-0.4, -0.2) is 28.9 Å². The molecule has 0 spiro atoms. The van der Waals surface area contributed by atoms with Gasteiger partial charge in [-0.3, -0.25) is 4.98 Å². The van der Waals surface area contributed by atoms with Gasteiger partial charge in [-0.05, 0) is 50.1 Å². The molecule has 0 aliphatic heterocycles. The molecule has 0 radical (unpaired) electrons. The zero-order chi connectivity index (χ0) is 17.1. The lowest BCUT2D eigenvalue weighted by Crippen LogP contribution is -2.48. The maximum absolute atomic E-state index is 13.2. The van der Waals surface area contributed by atoms with E-state index in [2.05, 4.69) is 10.3 Å². The summed E-state index contributed by atoms with van der Waals surface area (Å²) < 4.78 is 44.9. The molecule has 2 rings (SSSR count). The Hall–Kier alpha value is -1.86. The van der Waals surface area contributed by atoms with E-state index in [4.69, 9.17) is 4.42 Å². The predicted octanol–water partition coefficient (Wildman–Crippen LogP) is 2.95. The maximum Gasteiger partial charge on any atom is 0.404 e. The van der Waals surface area contributed by atoms with E-state index in [0.29, 0.717) is 11.3 Å². The van der Waals surface area contributed by atoms with Gasteiger partial charge < -0.3 is 14.8 Å². The van der Waals surface area contributed by atoms with E-state index in [1.54, 1.807) is 19.1 Å². The molecule has 0 saturated heterocycles. The van der Waals surface area contributed by atoms with Crippen molar-refractivity contribution in [1.29, 1.82) is 0 Å². The minimum absolute atomic E-state index is 0.229. The maximum atomic E-state index is 13.2. The summed E-state index contributed by atoms with van der Waals surface area (Å²) in [4.78, 5) is 3.79. The van der Waals surface area contributed by atoms with E-state index >= 15 is 0 Å². The third kappa shape index (κ3) is 4.80. The number of nitrogens with zero attached hydrogens (tertiary/aromatic N) is 1. The highest BCUT2D eigenvalue weighted by Gasteiger charge is 2.41. The standard InChI is InChI=1S/C16H19F3N2O2/c1-11-3-4-14(23-11)15(2,22)10-21-13(16(17,18)19)9-12-5-7-20-8-6-12/h3-8,13,21-22H,9-10H2,1-2H3. The molecule has 2 aromatic heterocycles. The van der Waals surface area contributed by atoms with Crippen LogP contribution < -0.4 is 5.32 Å². The highest BCUT2D eigenvalue weighted by Crippen LogP contribution is 2.26. The summed E-state index contributed by atoms with van der Waals surface area (Å²) in [5.74, 6) is 0.816. The summed E-state index contributed by atoms with van der Waals surface area (Å²) in [5, 5.41) is 12.7. The Morgan fingerprint density at radius 1 is 1.22 bits per heavy atom. The Bertz CT molecular complexity index is 624. The molecule has 0 fully saturated rings. The van der Waals surface area contributed by atoms with Crippen LogP contribution in [0.5, 0.6) is 0 Å². The molecule has 7 heteroatoms. The Balaban J connectivity index is 2.06. The molecule has 2 heterocycles. The summed E-state index contributed by atoms with van der Waals surface area (Å²) in [5.41, 5.74) is -1.01. The average Bonchev–Trinajstić information content (AvgIpc) is 2.91. The first kappa shape index (κ1) is 17.5. The number of hydrogen-bond donors (Lipinski definition) is 2. The van der Waals surface area contributed by atoms with Crippen molar-refractivity contribution in [1.82, 2.24) is 10.3 Å². The van der Waals surface area contributed by atoms with E-state index in [1.165, 1.54) is 31.5 Å². The zero-order valence-electron chi connectivity index (χ0n) is 12.9. The molecule has 0 aliphatic rings. The molecule has 2 N–H and O–H groups in total. The Morgan fingerprint density at radius 3 is 2.39 bits per heavy atom. The van der Waals surface area contributed by atoms with E-state index in [1.807, 2.05) is 0 Å². The predicted molar refractivity (Wildman–Crippen MR) is 78.8 cm³/mol. The summed E-state index contributed by atoms with van der Waals surface area (Å²) >= 11 is 0. The number of hydrogen-bond acceptors (Lipinski definition) is 4. The van der Waals surface area contributed by atoms with Gasteiger partial charge in [0.1, 0.15) is 23.2 Å². The minimum Gasteiger partial charge on any atom is -0.463 e. The number of halogens is 3. The van der Waals surface area contributed by atoms with Crippen LogP contribution in [0, 0.1) is 6.92 Å². The molecule has 0 aliphatic carbocycles. The summed E-state index contributed by atoms with van der Waals surface area (Å²) in [6, 6.07) is 4.51. The van der Waals surface area contributed by atoms with Crippen molar-refractivity contribution < 1.29 is 22.7 Å². The van der Waals surface area contributed by atoms with Crippen molar-refractivity contribution in [2.24, 2.45) is 0 Å². The monoisotopic (exact) mass is 328 g/mol. The van der Waals surface area contributed by atoms with Gasteiger partial charge in [-0.2, -0.15) is 13.2 Å². The van der Waals surface area contributed by atoms with E-state index in [-0.39, 0.29) is 18.7 Å². The second-order valence-electron chi connectivity index (χ2n) is 5.72. The largest absolute Gasteiger partial charge is 0.463 e. The minimum atomic E-state index is -4.43. The molecule has 2 atom stereocenters. The average molecular weight is 328 g/mol. The first-order valence-electron chi connectivity index (χ1n) is 7.17. The topological polar surface area (TPSA) is 58.3 Å². The number of rotatable bonds is 6. The Labute approximate surface area is 132 Å². The number of alkyl halides is 3. The smallest absolute Gasteiger partial charge is 0.404 e. The van der Waals surface area contributed by atoms with Gasteiger partial charge >= 0.3 is 6.18 Å². The number of nitrogens with one attached hydrogen (secondary N) is 1. The van der Waals surface area contributed by atoms with Crippen LogP contribution in [0.2, 0.25) is 0 Å². The molecule has 0 saturated carbocycles.